The van der Waals surface area contributed by atoms with Crippen molar-refractivity contribution in [1.29, 1.82) is 0 Å². The predicted molar refractivity (Wildman–Crippen MR) is 85.4 cm³/mol. The number of anilines is 1. The van der Waals surface area contributed by atoms with E-state index in [9.17, 15) is 9.90 Å². The van der Waals surface area contributed by atoms with E-state index in [4.69, 9.17) is 4.74 Å². The summed E-state index contributed by atoms with van der Waals surface area (Å²) < 4.78 is 5.50. The van der Waals surface area contributed by atoms with E-state index in [1.54, 1.807) is 18.3 Å². The Hall–Kier alpha value is -2.66. The number of aliphatic hydroxyl groups is 1. The maximum absolute atomic E-state index is 12.0. The summed E-state index contributed by atoms with van der Waals surface area (Å²) in [4.78, 5) is 15.9. The largest absolute Gasteiger partial charge is 0.493 e. The van der Waals surface area contributed by atoms with Gasteiger partial charge < -0.3 is 15.2 Å². The highest BCUT2D eigenvalue weighted by molar-refractivity contribution is 6.02. The number of nitrogens with zero attached hydrogens (tertiary/aromatic N) is 1. The highest BCUT2D eigenvalue weighted by Crippen LogP contribution is 2.19. The van der Waals surface area contributed by atoms with Crippen LogP contribution in [0.1, 0.15) is 18.1 Å². The van der Waals surface area contributed by atoms with Gasteiger partial charge in [-0.2, -0.15) is 0 Å². The Labute approximate surface area is 129 Å². The Balaban J connectivity index is 2.09. The van der Waals surface area contributed by atoms with Crippen LogP contribution < -0.4 is 10.1 Å². The summed E-state index contributed by atoms with van der Waals surface area (Å²) in [6.07, 6.45) is 6.18. The van der Waals surface area contributed by atoms with E-state index in [1.807, 2.05) is 31.2 Å². The quantitative estimate of drug-likeness (QED) is 0.804. The van der Waals surface area contributed by atoms with Gasteiger partial charge in [0.25, 0.3) is 0 Å². The molecule has 1 amide bonds. The lowest BCUT2D eigenvalue weighted by Gasteiger charge is -2.07. The van der Waals surface area contributed by atoms with E-state index in [2.05, 4.69) is 10.3 Å². The molecule has 0 aliphatic heterocycles. The lowest BCUT2D eigenvalue weighted by molar-refractivity contribution is -0.111. The summed E-state index contributed by atoms with van der Waals surface area (Å²) in [7, 11) is 0. The molecule has 0 radical (unpaired) electrons. The number of carbonyl (C=O) groups excluding carboxylic acids is 1. The van der Waals surface area contributed by atoms with Crippen molar-refractivity contribution in [2.24, 2.45) is 0 Å². The van der Waals surface area contributed by atoms with Gasteiger partial charge in [-0.1, -0.05) is 18.2 Å². The number of rotatable bonds is 6. The van der Waals surface area contributed by atoms with Crippen molar-refractivity contribution in [2.75, 3.05) is 11.9 Å². The second-order valence-corrected chi connectivity index (χ2v) is 4.48. The Morgan fingerprint density at radius 3 is 2.95 bits per heavy atom. The second kappa shape index (κ2) is 7.95. The maximum Gasteiger partial charge on any atom is 0.248 e. The van der Waals surface area contributed by atoms with Crippen molar-refractivity contribution in [1.82, 2.24) is 4.98 Å². The third-order valence-corrected chi connectivity index (χ3v) is 2.97. The summed E-state index contributed by atoms with van der Waals surface area (Å²) in [5.41, 5.74) is 1.94. The highest BCUT2D eigenvalue weighted by Gasteiger charge is 2.04. The Kier molecular flexibility index (Phi) is 5.68. The number of benzene rings is 1. The average Bonchev–Trinajstić information content (AvgIpc) is 2.55. The second-order valence-electron chi connectivity index (χ2n) is 4.48. The topological polar surface area (TPSA) is 71.5 Å². The molecule has 1 heterocycles. The lowest BCUT2D eigenvalue weighted by Crippen LogP contribution is -2.10. The van der Waals surface area contributed by atoms with Crippen LogP contribution in [0.15, 0.2) is 48.8 Å². The van der Waals surface area contributed by atoms with Crippen molar-refractivity contribution in [3.8, 4) is 5.75 Å². The number of para-hydroxylation sites is 1. The van der Waals surface area contributed by atoms with E-state index in [-0.39, 0.29) is 12.5 Å². The Morgan fingerprint density at radius 2 is 2.18 bits per heavy atom. The van der Waals surface area contributed by atoms with Crippen LogP contribution in [-0.4, -0.2) is 22.6 Å². The number of hydrogen-bond acceptors (Lipinski definition) is 4. The smallest absolute Gasteiger partial charge is 0.248 e. The normalized spacial score (nSPS) is 10.6. The molecule has 0 saturated carbocycles. The van der Waals surface area contributed by atoms with Crippen LogP contribution >= 0.6 is 0 Å². The molecule has 0 unspecified atom stereocenters. The lowest BCUT2D eigenvalue weighted by atomic mass is 10.2. The molecule has 5 nitrogen and oxygen atoms in total. The average molecular weight is 298 g/mol. The fourth-order valence-electron chi connectivity index (χ4n) is 1.92. The molecule has 0 saturated heterocycles. The number of hydrogen-bond donors (Lipinski definition) is 2. The van der Waals surface area contributed by atoms with Crippen molar-refractivity contribution in [3.63, 3.8) is 0 Å². The van der Waals surface area contributed by atoms with Gasteiger partial charge in [-0.05, 0) is 25.1 Å². The summed E-state index contributed by atoms with van der Waals surface area (Å²) in [5, 5.41) is 11.9. The Morgan fingerprint density at radius 1 is 1.36 bits per heavy atom. The van der Waals surface area contributed by atoms with Crippen LogP contribution in [-0.2, 0) is 11.4 Å². The number of pyridine rings is 1. The third-order valence-electron chi connectivity index (χ3n) is 2.97. The first kappa shape index (κ1) is 15.7. The third kappa shape index (κ3) is 4.17. The van der Waals surface area contributed by atoms with Crippen LogP contribution in [0.5, 0.6) is 5.75 Å². The van der Waals surface area contributed by atoms with Crippen molar-refractivity contribution < 1.29 is 14.6 Å². The minimum Gasteiger partial charge on any atom is -0.493 e. The van der Waals surface area contributed by atoms with Crippen LogP contribution in [0.4, 0.5) is 5.69 Å². The number of aliphatic hydroxyl groups excluding tert-OH is 1. The van der Waals surface area contributed by atoms with E-state index < -0.39 is 0 Å². The molecule has 2 rings (SSSR count). The predicted octanol–water partition coefficient (Wildman–Crippen LogP) is 2.62. The molecular weight excluding hydrogens is 280 g/mol. The number of aromatic nitrogens is 1. The highest BCUT2D eigenvalue weighted by atomic mass is 16.5. The zero-order chi connectivity index (χ0) is 15.8. The first-order chi connectivity index (χ1) is 10.7. The molecule has 0 spiro atoms. The summed E-state index contributed by atoms with van der Waals surface area (Å²) in [6.45, 7) is 2.31. The maximum atomic E-state index is 12.0. The van der Waals surface area contributed by atoms with Gasteiger partial charge in [-0.15, -0.1) is 0 Å². The van der Waals surface area contributed by atoms with E-state index >= 15 is 0 Å². The van der Waals surface area contributed by atoms with Gasteiger partial charge in [-0.3, -0.25) is 9.78 Å². The van der Waals surface area contributed by atoms with E-state index in [1.165, 1.54) is 12.3 Å². The van der Waals surface area contributed by atoms with Crippen LogP contribution in [0, 0.1) is 0 Å². The van der Waals surface area contributed by atoms with Gasteiger partial charge in [0.2, 0.25) is 5.91 Å². The fraction of sp³-hybridized carbons (Fsp3) is 0.176. The summed E-state index contributed by atoms with van der Waals surface area (Å²) >= 11 is 0. The van der Waals surface area contributed by atoms with Crippen LogP contribution in [0.2, 0.25) is 0 Å². The molecule has 1 aromatic heterocycles. The first-order valence-electron chi connectivity index (χ1n) is 6.99. The van der Waals surface area contributed by atoms with Gasteiger partial charge >= 0.3 is 0 Å². The molecule has 0 aliphatic rings. The van der Waals surface area contributed by atoms with Gasteiger partial charge in [0.05, 0.1) is 25.1 Å². The van der Waals surface area contributed by atoms with Crippen LogP contribution in [0.25, 0.3) is 6.08 Å². The van der Waals surface area contributed by atoms with Crippen molar-refractivity contribution >= 4 is 17.7 Å². The van der Waals surface area contributed by atoms with Crippen LogP contribution in [0.3, 0.4) is 0 Å². The van der Waals surface area contributed by atoms with Crippen molar-refractivity contribution in [2.45, 2.75) is 13.5 Å². The fourth-order valence-corrected chi connectivity index (χ4v) is 1.92. The molecule has 2 N–H and O–H groups in total. The molecule has 0 bridgehead atoms. The minimum absolute atomic E-state index is 0.158. The minimum atomic E-state index is -0.297. The van der Waals surface area contributed by atoms with Gasteiger partial charge in [0, 0.05) is 23.4 Å². The molecule has 0 atom stereocenters. The van der Waals surface area contributed by atoms with Gasteiger partial charge in [0.15, 0.2) is 0 Å². The van der Waals surface area contributed by atoms with E-state index in [0.29, 0.717) is 17.9 Å². The summed E-state index contributed by atoms with van der Waals surface area (Å²) in [6, 6.07) is 9.14. The van der Waals surface area contributed by atoms with E-state index in [0.717, 1.165) is 11.3 Å². The molecular formula is C17H18N2O3. The summed E-state index contributed by atoms with van der Waals surface area (Å²) in [5.74, 6) is 0.431. The molecule has 1 aromatic carbocycles. The zero-order valence-electron chi connectivity index (χ0n) is 12.3. The van der Waals surface area contributed by atoms with Gasteiger partial charge in [0.1, 0.15) is 5.75 Å². The standard InChI is InChI=1S/C17H18N2O3/c1-2-22-16-6-4-3-5-13(16)7-8-17(21)19-15-11-18-10-9-14(15)12-20/h3-11,20H,2,12H2,1H3,(H,19,21)/b8-7+. The SMILES string of the molecule is CCOc1ccccc1/C=C/C(=O)Nc1cnccc1CO. The van der Waals surface area contributed by atoms with Gasteiger partial charge in [-0.25, -0.2) is 0 Å². The molecule has 5 heteroatoms. The Bertz CT molecular complexity index is 668. The number of amides is 1. The number of nitrogens with one attached hydrogen (secondary N) is 1. The van der Waals surface area contributed by atoms with Crippen molar-refractivity contribution in [3.05, 3.63) is 59.9 Å². The number of ether oxygens (including phenoxy) is 1. The molecule has 2 aromatic rings. The molecule has 22 heavy (non-hydrogen) atoms. The zero-order valence-corrected chi connectivity index (χ0v) is 12.3. The molecule has 0 aliphatic carbocycles. The monoisotopic (exact) mass is 298 g/mol. The molecule has 0 fully saturated rings. The number of carbonyl (C=O) groups is 1. The molecule has 114 valence electrons. The first-order valence-corrected chi connectivity index (χ1v) is 6.99.